The van der Waals surface area contributed by atoms with Crippen LogP contribution in [0.25, 0.3) is 0 Å². The van der Waals surface area contributed by atoms with Gasteiger partial charge < -0.3 is 10.0 Å². The van der Waals surface area contributed by atoms with E-state index in [1.165, 1.54) is 6.42 Å². The Bertz CT molecular complexity index is 344. The van der Waals surface area contributed by atoms with E-state index in [4.69, 9.17) is 5.11 Å². The average Bonchev–Trinajstić information content (AvgIpc) is 2.37. The Balaban J connectivity index is 2.72. The van der Waals surface area contributed by atoms with Gasteiger partial charge in [0.05, 0.1) is 12.5 Å². The molecule has 5 nitrogen and oxygen atoms in total. The van der Waals surface area contributed by atoms with E-state index in [1.807, 2.05) is 37.5 Å². The summed E-state index contributed by atoms with van der Waals surface area (Å²) < 4.78 is 0. The number of hydrogen-bond acceptors (Lipinski definition) is 3. The lowest BCUT2D eigenvalue weighted by Gasteiger charge is -2.41. The summed E-state index contributed by atoms with van der Waals surface area (Å²) in [5.74, 6) is -0.693. The summed E-state index contributed by atoms with van der Waals surface area (Å²) in [6.07, 6.45) is 3.40. The number of carboxylic acid groups (broad SMARTS) is 1. The lowest BCUT2D eigenvalue weighted by atomic mass is 10.0. The van der Waals surface area contributed by atoms with Crippen LogP contribution in [0.4, 0.5) is 0 Å². The van der Waals surface area contributed by atoms with Gasteiger partial charge in [-0.05, 0) is 47.0 Å². The molecule has 1 aliphatic rings. The summed E-state index contributed by atoms with van der Waals surface area (Å²) in [5, 5.41) is 8.88. The van der Waals surface area contributed by atoms with Gasteiger partial charge in [0.1, 0.15) is 0 Å². The Morgan fingerprint density at radius 2 is 1.75 bits per heavy atom. The molecule has 20 heavy (non-hydrogen) atoms. The fourth-order valence-corrected chi connectivity index (χ4v) is 2.84. The van der Waals surface area contributed by atoms with Crippen molar-refractivity contribution in [2.75, 3.05) is 19.6 Å². The number of carbonyl (C=O) groups excluding carboxylic acids is 1. The zero-order valence-corrected chi connectivity index (χ0v) is 13.2. The first-order chi connectivity index (χ1) is 9.23. The first-order valence-electron chi connectivity index (χ1n) is 7.51. The van der Waals surface area contributed by atoms with Gasteiger partial charge >= 0.3 is 5.97 Å². The summed E-state index contributed by atoms with van der Waals surface area (Å²) >= 11 is 0. The molecule has 1 rings (SSSR count). The highest BCUT2D eigenvalue weighted by atomic mass is 16.4. The van der Waals surface area contributed by atoms with Crippen molar-refractivity contribution in [2.45, 2.75) is 65.0 Å². The maximum Gasteiger partial charge on any atom is 0.304 e. The molecule has 0 radical (unpaired) electrons. The second-order valence-corrected chi connectivity index (χ2v) is 6.57. The van der Waals surface area contributed by atoms with Crippen LogP contribution in [0.3, 0.4) is 0 Å². The molecule has 0 saturated carbocycles. The van der Waals surface area contributed by atoms with Crippen molar-refractivity contribution in [3.05, 3.63) is 0 Å². The fourth-order valence-electron chi connectivity index (χ4n) is 2.84. The number of rotatable bonds is 5. The molecular weight excluding hydrogens is 256 g/mol. The molecule has 1 aliphatic heterocycles. The van der Waals surface area contributed by atoms with Crippen molar-refractivity contribution in [3.8, 4) is 0 Å². The fraction of sp³-hybridized carbons (Fsp3) is 0.867. The molecule has 1 unspecified atom stereocenters. The van der Waals surface area contributed by atoms with Crippen LogP contribution in [0.1, 0.15) is 53.4 Å². The summed E-state index contributed by atoms with van der Waals surface area (Å²) in [6.45, 7) is 10.0. The van der Waals surface area contributed by atoms with Gasteiger partial charge in [0.2, 0.25) is 5.91 Å². The Morgan fingerprint density at radius 1 is 1.20 bits per heavy atom. The Hall–Kier alpha value is -1.10. The highest BCUT2D eigenvalue weighted by molar-refractivity contribution is 5.81. The third-order valence-corrected chi connectivity index (χ3v) is 3.92. The SMILES string of the molecule is CC(C(=O)N1CCCCC1)N(CCC(=O)O)C(C)(C)C. The lowest BCUT2D eigenvalue weighted by molar-refractivity contribution is -0.142. The Kier molecular flexibility index (Phi) is 5.99. The van der Waals surface area contributed by atoms with Gasteiger partial charge in [-0.25, -0.2) is 0 Å². The normalized spacial score (nSPS) is 18.1. The van der Waals surface area contributed by atoms with Crippen LogP contribution in [0.2, 0.25) is 0 Å². The molecule has 1 atom stereocenters. The molecule has 0 aromatic heterocycles. The zero-order valence-electron chi connectivity index (χ0n) is 13.2. The molecule has 1 fully saturated rings. The van der Waals surface area contributed by atoms with Gasteiger partial charge in [-0.15, -0.1) is 0 Å². The molecule has 0 spiro atoms. The number of hydrogen-bond donors (Lipinski definition) is 1. The van der Waals surface area contributed by atoms with E-state index in [9.17, 15) is 9.59 Å². The maximum atomic E-state index is 12.6. The van der Waals surface area contributed by atoms with Crippen molar-refractivity contribution < 1.29 is 14.7 Å². The summed E-state index contributed by atoms with van der Waals surface area (Å²) in [6, 6.07) is -0.271. The van der Waals surface area contributed by atoms with Crippen molar-refractivity contribution in [1.29, 1.82) is 0 Å². The monoisotopic (exact) mass is 284 g/mol. The first-order valence-corrected chi connectivity index (χ1v) is 7.51. The third kappa shape index (κ3) is 4.78. The van der Waals surface area contributed by atoms with E-state index >= 15 is 0 Å². The molecule has 0 aromatic carbocycles. The number of piperidine rings is 1. The van der Waals surface area contributed by atoms with Crippen LogP contribution in [0.15, 0.2) is 0 Å². The van der Waals surface area contributed by atoms with Crippen LogP contribution < -0.4 is 0 Å². The van der Waals surface area contributed by atoms with Crippen LogP contribution in [-0.2, 0) is 9.59 Å². The number of nitrogens with zero attached hydrogens (tertiary/aromatic N) is 2. The molecule has 1 amide bonds. The number of carboxylic acids is 1. The molecular formula is C15H28N2O3. The lowest BCUT2D eigenvalue weighted by Crippen LogP contribution is -2.55. The van der Waals surface area contributed by atoms with Crippen molar-refractivity contribution in [1.82, 2.24) is 9.80 Å². The Labute approximate surface area is 121 Å². The number of amides is 1. The zero-order chi connectivity index (χ0) is 15.3. The average molecular weight is 284 g/mol. The molecule has 116 valence electrons. The number of aliphatic carboxylic acids is 1. The van der Waals surface area contributed by atoms with E-state index in [1.54, 1.807) is 0 Å². The van der Waals surface area contributed by atoms with Crippen molar-refractivity contribution in [3.63, 3.8) is 0 Å². The molecule has 5 heteroatoms. The van der Waals surface area contributed by atoms with Gasteiger partial charge in [-0.3, -0.25) is 14.5 Å². The number of carbonyl (C=O) groups is 2. The highest BCUT2D eigenvalue weighted by Crippen LogP contribution is 2.20. The topological polar surface area (TPSA) is 60.9 Å². The smallest absolute Gasteiger partial charge is 0.304 e. The van der Waals surface area contributed by atoms with E-state index in [2.05, 4.69) is 0 Å². The minimum Gasteiger partial charge on any atom is -0.481 e. The first kappa shape index (κ1) is 17.0. The van der Waals surface area contributed by atoms with Gasteiger partial charge in [0.15, 0.2) is 0 Å². The van der Waals surface area contributed by atoms with Gasteiger partial charge in [-0.1, -0.05) is 0 Å². The molecule has 0 aromatic rings. The second kappa shape index (κ2) is 7.07. The van der Waals surface area contributed by atoms with E-state index in [0.717, 1.165) is 25.9 Å². The van der Waals surface area contributed by atoms with Gasteiger partial charge in [0, 0.05) is 25.2 Å². The van der Waals surface area contributed by atoms with Crippen LogP contribution in [-0.4, -0.2) is 58.0 Å². The molecule has 0 aliphatic carbocycles. The van der Waals surface area contributed by atoms with Crippen LogP contribution >= 0.6 is 0 Å². The quantitative estimate of drug-likeness (QED) is 0.838. The van der Waals surface area contributed by atoms with Crippen molar-refractivity contribution >= 4 is 11.9 Å². The Morgan fingerprint density at radius 3 is 2.20 bits per heavy atom. The van der Waals surface area contributed by atoms with Crippen molar-refractivity contribution in [2.24, 2.45) is 0 Å². The van der Waals surface area contributed by atoms with Crippen LogP contribution in [0, 0.1) is 0 Å². The second-order valence-electron chi connectivity index (χ2n) is 6.57. The minimum absolute atomic E-state index is 0.0644. The third-order valence-electron chi connectivity index (χ3n) is 3.92. The summed E-state index contributed by atoms with van der Waals surface area (Å²) in [5.41, 5.74) is -0.222. The molecule has 0 bridgehead atoms. The predicted molar refractivity (Wildman–Crippen MR) is 78.6 cm³/mol. The van der Waals surface area contributed by atoms with Crippen LogP contribution in [0.5, 0.6) is 0 Å². The molecule has 1 heterocycles. The maximum absolute atomic E-state index is 12.6. The van der Waals surface area contributed by atoms with E-state index < -0.39 is 5.97 Å². The van der Waals surface area contributed by atoms with Gasteiger partial charge in [0.25, 0.3) is 0 Å². The summed E-state index contributed by atoms with van der Waals surface area (Å²) in [7, 11) is 0. The van der Waals surface area contributed by atoms with E-state index in [0.29, 0.717) is 6.54 Å². The molecule has 1 N–H and O–H groups in total. The number of likely N-dealkylation sites (tertiary alicyclic amines) is 1. The summed E-state index contributed by atoms with van der Waals surface area (Å²) in [4.78, 5) is 27.3. The van der Waals surface area contributed by atoms with Gasteiger partial charge in [-0.2, -0.15) is 0 Å². The largest absolute Gasteiger partial charge is 0.481 e. The highest BCUT2D eigenvalue weighted by Gasteiger charge is 2.33. The molecule has 1 saturated heterocycles. The van der Waals surface area contributed by atoms with E-state index in [-0.39, 0.29) is 23.9 Å². The standard InChI is InChI=1S/C15H28N2O3/c1-12(14(20)16-9-6-5-7-10-16)17(15(2,3)4)11-8-13(18)19/h12H,5-11H2,1-4H3,(H,18,19). The minimum atomic E-state index is -0.822. The predicted octanol–water partition coefficient (Wildman–Crippen LogP) is 1.96.